The van der Waals surface area contributed by atoms with Crippen molar-refractivity contribution in [2.45, 2.75) is 25.4 Å². The van der Waals surface area contributed by atoms with Crippen LogP contribution in [0, 0.1) is 0 Å². The molecule has 0 saturated carbocycles. The highest BCUT2D eigenvalue weighted by Crippen LogP contribution is 2.23. The Morgan fingerprint density at radius 2 is 1.92 bits per heavy atom. The molecule has 9 heteroatoms. The minimum Gasteiger partial charge on any atom is -0.491 e. The van der Waals surface area contributed by atoms with Gasteiger partial charge in [0, 0.05) is 68.6 Å². The Bertz CT molecular complexity index is 1420. The molecule has 38 heavy (non-hydrogen) atoms. The number of hydrogen-bond acceptors (Lipinski definition) is 7. The van der Waals surface area contributed by atoms with Gasteiger partial charge in [0.05, 0.1) is 17.5 Å². The first-order chi connectivity index (χ1) is 18.6. The van der Waals surface area contributed by atoms with E-state index in [1.807, 2.05) is 35.2 Å². The molecule has 1 aromatic carbocycles. The number of carbonyl (C=O) groups excluding carboxylic acids is 1. The molecule has 9 nitrogen and oxygen atoms in total. The number of amides is 1. The minimum absolute atomic E-state index is 0.0568. The number of pyridine rings is 1. The number of benzene rings is 1. The van der Waals surface area contributed by atoms with E-state index in [0.717, 1.165) is 79.2 Å². The molecular formula is C29H32N6O3. The first-order valence-electron chi connectivity index (χ1n) is 13.2. The number of aromatic nitrogens is 4. The summed E-state index contributed by atoms with van der Waals surface area (Å²) in [5, 5.41) is 1.01. The lowest BCUT2D eigenvalue weighted by Gasteiger charge is -2.32. The SMILES string of the molecule is CN1CCN(C(=O)c2cc3cc(Cc4nccc(-c5cc(OC[C@@H]6CCCO6)ccn5)n4)ccc3[nH]2)CC1. The van der Waals surface area contributed by atoms with Gasteiger partial charge < -0.3 is 24.3 Å². The maximum absolute atomic E-state index is 13.0. The van der Waals surface area contributed by atoms with Crippen LogP contribution in [0.1, 0.15) is 34.7 Å². The smallest absolute Gasteiger partial charge is 0.270 e. The van der Waals surface area contributed by atoms with Gasteiger partial charge in [-0.2, -0.15) is 0 Å². The highest BCUT2D eigenvalue weighted by Gasteiger charge is 2.22. The molecule has 2 saturated heterocycles. The number of hydrogen-bond donors (Lipinski definition) is 1. The number of nitrogens with zero attached hydrogens (tertiary/aromatic N) is 5. The molecule has 1 N–H and O–H groups in total. The molecule has 2 aliphatic heterocycles. The Labute approximate surface area is 221 Å². The number of carbonyl (C=O) groups is 1. The van der Waals surface area contributed by atoms with Crippen LogP contribution in [-0.2, 0) is 11.2 Å². The van der Waals surface area contributed by atoms with Gasteiger partial charge in [0.1, 0.15) is 23.9 Å². The minimum atomic E-state index is 0.0568. The molecule has 6 rings (SSSR count). The Hall–Kier alpha value is -3.82. The lowest BCUT2D eigenvalue weighted by Crippen LogP contribution is -2.47. The van der Waals surface area contributed by atoms with Gasteiger partial charge in [0.15, 0.2) is 0 Å². The monoisotopic (exact) mass is 512 g/mol. The van der Waals surface area contributed by atoms with Gasteiger partial charge in [-0.1, -0.05) is 6.07 Å². The lowest BCUT2D eigenvalue weighted by molar-refractivity contribution is 0.0659. The van der Waals surface area contributed by atoms with E-state index >= 15 is 0 Å². The van der Waals surface area contributed by atoms with Crippen LogP contribution in [0.15, 0.2) is 54.9 Å². The van der Waals surface area contributed by atoms with E-state index in [1.54, 1.807) is 12.4 Å². The molecule has 0 bridgehead atoms. The Morgan fingerprint density at radius 3 is 2.76 bits per heavy atom. The van der Waals surface area contributed by atoms with Gasteiger partial charge in [0.2, 0.25) is 0 Å². The number of fused-ring (bicyclic) bond motifs is 1. The van der Waals surface area contributed by atoms with Gasteiger partial charge >= 0.3 is 0 Å². The summed E-state index contributed by atoms with van der Waals surface area (Å²) in [7, 11) is 2.08. The standard InChI is InChI=1S/C29H32N6O3/c1-34-10-12-35(13-11-34)29(36)27-17-21-15-20(4-5-24(21)32-27)16-28-31-9-7-25(33-28)26-18-22(6-8-30-26)38-19-23-3-2-14-37-23/h4-9,15,17-18,23,32H,2-3,10-14,16,19H2,1H3/t23-/m0/s1. The van der Waals surface area contributed by atoms with Crippen LogP contribution < -0.4 is 4.74 Å². The first kappa shape index (κ1) is 24.5. The molecule has 196 valence electrons. The van der Waals surface area contributed by atoms with Crippen molar-refractivity contribution in [3.8, 4) is 17.1 Å². The topological polar surface area (TPSA) is 96.5 Å². The third kappa shape index (κ3) is 5.54. The predicted molar refractivity (Wildman–Crippen MR) is 144 cm³/mol. The molecular weight excluding hydrogens is 480 g/mol. The van der Waals surface area contributed by atoms with Crippen molar-refractivity contribution in [2.24, 2.45) is 0 Å². The van der Waals surface area contributed by atoms with Crippen molar-refractivity contribution in [3.05, 3.63) is 71.9 Å². The summed E-state index contributed by atoms with van der Waals surface area (Å²) in [4.78, 5) is 34.2. The molecule has 0 spiro atoms. The van der Waals surface area contributed by atoms with Crippen LogP contribution in [0.25, 0.3) is 22.3 Å². The molecule has 1 atom stereocenters. The van der Waals surface area contributed by atoms with Gasteiger partial charge in [0.25, 0.3) is 5.91 Å². The molecule has 1 amide bonds. The fraction of sp³-hybridized carbons (Fsp3) is 0.379. The molecule has 2 aliphatic rings. The summed E-state index contributed by atoms with van der Waals surface area (Å²) in [6, 6.07) is 13.7. The highest BCUT2D eigenvalue weighted by atomic mass is 16.5. The number of nitrogens with one attached hydrogen (secondary N) is 1. The van der Waals surface area contributed by atoms with Crippen molar-refractivity contribution in [1.29, 1.82) is 0 Å². The number of piperazine rings is 1. The summed E-state index contributed by atoms with van der Waals surface area (Å²) < 4.78 is 11.6. The quantitative estimate of drug-likeness (QED) is 0.405. The summed E-state index contributed by atoms with van der Waals surface area (Å²) in [6.45, 7) is 4.66. The lowest BCUT2D eigenvalue weighted by atomic mass is 10.1. The zero-order chi connectivity index (χ0) is 25.9. The second-order valence-electron chi connectivity index (χ2n) is 10.1. The maximum atomic E-state index is 13.0. The zero-order valence-electron chi connectivity index (χ0n) is 21.6. The second kappa shape index (κ2) is 10.9. The molecule has 5 heterocycles. The predicted octanol–water partition coefficient (Wildman–Crippen LogP) is 3.56. The molecule has 3 aromatic heterocycles. The third-order valence-electron chi connectivity index (χ3n) is 7.23. The number of aromatic amines is 1. The number of ether oxygens (including phenoxy) is 2. The van der Waals surface area contributed by atoms with Crippen molar-refractivity contribution < 1.29 is 14.3 Å². The van der Waals surface area contributed by atoms with Crippen LogP contribution in [0.4, 0.5) is 0 Å². The van der Waals surface area contributed by atoms with E-state index in [-0.39, 0.29) is 12.0 Å². The van der Waals surface area contributed by atoms with Crippen LogP contribution in [0.2, 0.25) is 0 Å². The zero-order valence-corrected chi connectivity index (χ0v) is 21.6. The fourth-order valence-electron chi connectivity index (χ4n) is 5.00. The van der Waals surface area contributed by atoms with E-state index in [1.165, 1.54) is 0 Å². The van der Waals surface area contributed by atoms with Crippen molar-refractivity contribution >= 4 is 16.8 Å². The Kier molecular flexibility index (Phi) is 7.02. The summed E-state index contributed by atoms with van der Waals surface area (Å²) in [5.74, 6) is 1.52. The normalized spacial score (nSPS) is 18.2. The van der Waals surface area contributed by atoms with Gasteiger partial charge in [-0.15, -0.1) is 0 Å². The largest absolute Gasteiger partial charge is 0.491 e. The van der Waals surface area contributed by atoms with Crippen LogP contribution >= 0.6 is 0 Å². The van der Waals surface area contributed by atoms with Crippen LogP contribution in [0.5, 0.6) is 5.75 Å². The average molecular weight is 513 g/mol. The summed E-state index contributed by atoms with van der Waals surface area (Å²) >= 11 is 0. The van der Waals surface area contributed by atoms with E-state index in [9.17, 15) is 4.79 Å². The summed E-state index contributed by atoms with van der Waals surface area (Å²) in [6.07, 6.45) is 6.37. The second-order valence-corrected chi connectivity index (χ2v) is 10.1. The number of likely N-dealkylation sites (N-methyl/N-ethyl adjacent to an activating group) is 1. The third-order valence-corrected chi connectivity index (χ3v) is 7.23. The Morgan fingerprint density at radius 1 is 1.05 bits per heavy atom. The summed E-state index contributed by atoms with van der Waals surface area (Å²) in [5.41, 5.74) is 4.15. The molecule has 0 radical (unpaired) electrons. The van der Waals surface area contributed by atoms with Crippen molar-refractivity contribution in [2.75, 3.05) is 46.4 Å². The van der Waals surface area contributed by atoms with Crippen LogP contribution in [-0.4, -0.2) is 88.2 Å². The van der Waals surface area contributed by atoms with E-state index in [2.05, 4.69) is 39.0 Å². The average Bonchev–Trinajstić information content (AvgIpc) is 3.62. The van der Waals surface area contributed by atoms with E-state index in [0.29, 0.717) is 24.5 Å². The molecule has 2 fully saturated rings. The van der Waals surface area contributed by atoms with Gasteiger partial charge in [-0.3, -0.25) is 9.78 Å². The number of rotatable bonds is 7. The fourth-order valence-corrected chi connectivity index (χ4v) is 5.00. The molecule has 0 aliphatic carbocycles. The van der Waals surface area contributed by atoms with E-state index in [4.69, 9.17) is 14.5 Å². The molecule has 0 unspecified atom stereocenters. The van der Waals surface area contributed by atoms with Gasteiger partial charge in [-0.25, -0.2) is 9.97 Å². The van der Waals surface area contributed by atoms with E-state index < -0.39 is 0 Å². The number of H-pyrrole nitrogens is 1. The highest BCUT2D eigenvalue weighted by molar-refractivity contribution is 5.98. The van der Waals surface area contributed by atoms with Crippen LogP contribution in [0.3, 0.4) is 0 Å². The molecule has 4 aromatic rings. The van der Waals surface area contributed by atoms with Crippen molar-refractivity contribution in [1.82, 2.24) is 29.7 Å². The van der Waals surface area contributed by atoms with Crippen molar-refractivity contribution in [3.63, 3.8) is 0 Å². The van der Waals surface area contributed by atoms with Gasteiger partial charge in [-0.05, 0) is 55.8 Å². The Balaban J connectivity index is 1.15. The maximum Gasteiger partial charge on any atom is 0.270 e. The first-order valence-corrected chi connectivity index (χ1v) is 13.2.